The number of nitrogens with one attached hydrogen (secondary N) is 2. The van der Waals surface area contributed by atoms with Crippen molar-refractivity contribution in [2.24, 2.45) is 4.99 Å². The first-order valence-corrected chi connectivity index (χ1v) is 21.1. The Balaban J connectivity index is 1.000. The largest absolute Gasteiger partial charge is 0.493 e. The molecule has 2 N–H and O–H groups in total. The highest BCUT2D eigenvalue weighted by Crippen LogP contribution is 2.42. The summed E-state index contributed by atoms with van der Waals surface area (Å²) in [6.45, 7) is 3.99. The summed E-state index contributed by atoms with van der Waals surface area (Å²) in [5, 5.41) is 6.66. The third-order valence-corrected chi connectivity index (χ3v) is 11.3. The maximum absolute atomic E-state index is 14.0. The third-order valence-electron chi connectivity index (χ3n) is 11.3. The van der Waals surface area contributed by atoms with E-state index in [0.29, 0.717) is 98.0 Å². The minimum Gasteiger partial charge on any atom is -0.493 e. The van der Waals surface area contributed by atoms with Gasteiger partial charge in [-0.05, 0) is 71.1 Å². The van der Waals surface area contributed by atoms with Gasteiger partial charge in [-0.25, -0.2) is 0 Å². The average molecular weight is 856 g/mol. The van der Waals surface area contributed by atoms with Gasteiger partial charge in [-0.15, -0.1) is 0 Å². The van der Waals surface area contributed by atoms with Crippen LogP contribution in [0.2, 0.25) is 0 Å². The van der Waals surface area contributed by atoms with Gasteiger partial charge in [0.15, 0.2) is 23.0 Å². The highest BCUT2D eigenvalue weighted by Gasteiger charge is 2.36. The number of rotatable bonds is 20. The van der Waals surface area contributed by atoms with Gasteiger partial charge < -0.3 is 48.7 Å². The smallest absolute Gasteiger partial charge is 0.261 e. The number of anilines is 4. The topological polar surface area (TPSA) is 142 Å². The van der Waals surface area contributed by atoms with Gasteiger partial charge >= 0.3 is 0 Å². The second-order valence-corrected chi connectivity index (χ2v) is 15.3. The molecule has 0 spiro atoms. The molecule has 0 aliphatic carbocycles. The van der Waals surface area contributed by atoms with Gasteiger partial charge in [0.1, 0.15) is 13.2 Å². The lowest BCUT2D eigenvalue weighted by molar-refractivity contribution is 0.0272. The van der Waals surface area contributed by atoms with Crippen molar-refractivity contribution in [1.29, 1.82) is 0 Å². The number of methoxy groups -OCH3 is 3. The summed E-state index contributed by atoms with van der Waals surface area (Å²) >= 11 is 0. The fourth-order valence-electron chi connectivity index (χ4n) is 8.18. The lowest BCUT2D eigenvalue weighted by Gasteiger charge is -2.22. The van der Waals surface area contributed by atoms with Gasteiger partial charge in [-0.1, -0.05) is 36.4 Å². The molecule has 14 heteroatoms. The number of amides is 2. The third kappa shape index (κ3) is 9.58. The summed E-state index contributed by atoms with van der Waals surface area (Å²) in [5.74, 6) is 1.55. The normalized spacial score (nSPS) is 14.7. The van der Waals surface area contributed by atoms with E-state index >= 15 is 0 Å². The molecule has 14 nitrogen and oxygen atoms in total. The van der Waals surface area contributed by atoms with Gasteiger partial charge in [0, 0.05) is 69.1 Å². The van der Waals surface area contributed by atoms with Crippen LogP contribution in [0.5, 0.6) is 23.0 Å². The molecule has 0 fully saturated rings. The van der Waals surface area contributed by atoms with Crippen molar-refractivity contribution in [2.75, 3.05) is 94.9 Å². The van der Waals surface area contributed by atoms with Gasteiger partial charge in [0.25, 0.3) is 11.8 Å². The van der Waals surface area contributed by atoms with Crippen molar-refractivity contribution in [1.82, 2.24) is 0 Å². The van der Waals surface area contributed by atoms with Gasteiger partial charge in [0.2, 0.25) is 0 Å². The molecule has 328 valence electrons. The standard InChI is InChI=1S/C49H53N5O9/c1-50-40-27-46(44(58-3)25-38(40)48(55)53-15-13-34-9-5-7-11-42(34)53)62-30-32-21-33(23-36(22-32)51-14-16-60-19-20-61-18-17-57-2)31-63-47-28-41-39(26-45(47)59-4)49(56)54-37(29-52-41)24-35-10-6-8-12-43(35)54/h5-12,21-23,25-29,37,50-51H,13-20,24,30-31H2,1-4H3. The van der Waals surface area contributed by atoms with E-state index in [1.165, 1.54) is 0 Å². The van der Waals surface area contributed by atoms with Crippen LogP contribution in [0.3, 0.4) is 0 Å². The molecule has 0 saturated heterocycles. The van der Waals surface area contributed by atoms with Crippen LogP contribution in [0.4, 0.5) is 28.4 Å². The SMILES string of the molecule is CNc1cc(OCc2cc(COc3cc4c(cc3OC)C(=O)N3c5ccccc5CC3C=N4)cc(NCCOCCOCCOC)c2)c(OC)cc1C(=O)N1CCc2ccccc21. The fraction of sp³-hybridized carbons (Fsp3) is 0.327. The number of ether oxygens (including phenoxy) is 7. The monoisotopic (exact) mass is 855 g/mol. The van der Waals surface area contributed by atoms with E-state index in [0.717, 1.165) is 45.7 Å². The van der Waals surface area contributed by atoms with Crippen LogP contribution >= 0.6 is 0 Å². The molecule has 8 rings (SSSR count). The lowest BCUT2D eigenvalue weighted by atomic mass is 10.1. The van der Waals surface area contributed by atoms with Crippen molar-refractivity contribution < 1.29 is 42.7 Å². The van der Waals surface area contributed by atoms with Gasteiger partial charge in [-0.2, -0.15) is 0 Å². The van der Waals surface area contributed by atoms with Crippen LogP contribution < -0.4 is 39.4 Å². The zero-order chi connectivity index (χ0) is 43.7. The van der Waals surface area contributed by atoms with Crippen molar-refractivity contribution in [3.8, 4) is 23.0 Å². The van der Waals surface area contributed by atoms with Crippen LogP contribution in [0.25, 0.3) is 0 Å². The Bertz CT molecular complexity index is 2470. The Morgan fingerprint density at radius 2 is 1.41 bits per heavy atom. The van der Waals surface area contributed by atoms with Crippen molar-refractivity contribution in [3.63, 3.8) is 0 Å². The maximum Gasteiger partial charge on any atom is 0.261 e. The number of carbonyl (C=O) groups excluding carboxylic acids is 2. The second-order valence-electron chi connectivity index (χ2n) is 15.3. The summed E-state index contributed by atoms with van der Waals surface area (Å²) in [6, 6.07) is 28.8. The summed E-state index contributed by atoms with van der Waals surface area (Å²) in [4.78, 5) is 36.3. The Hall–Kier alpha value is -6.61. The van der Waals surface area contributed by atoms with Crippen molar-refractivity contribution in [3.05, 3.63) is 124 Å². The van der Waals surface area contributed by atoms with Crippen LogP contribution in [0.15, 0.2) is 96.0 Å². The van der Waals surface area contributed by atoms with E-state index in [9.17, 15) is 9.59 Å². The summed E-state index contributed by atoms with van der Waals surface area (Å²) in [6.07, 6.45) is 3.35. The van der Waals surface area contributed by atoms with Crippen LogP contribution in [-0.4, -0.2) is 98.6 Å². The Morgan fingerprint density at radius 1 is 0.746 bits per heavy atom. The Kier molecular flexibility index (Phi) is 13.7. The number of aliphatic imine (C=N–C) groups is 1. The molecular formula is C49H53N5O9. The van der Waals surface area contributed by atoms with E-state index in [1.807, 2.05) is 76.7 Å². The maximum atomic E-state index is 14.0. The number of nitrogens with zero attached hydrogens (tertiary/aromatic N) is 3. The van der Waals surface area contributed by atoms with E-state index in [-0.39, 0.29) is 31.1 Å². The number of benzene rings is 5. The molecule has 3 heterocycles. The van der Waals surface area contributed by atoms with Crippen LogP contribution in [0.1, 0.15) is 43.0 Å². The number of para-hydroxylation sites is 2. The number of fused-ring (bicyclic) bond motifs is 5. The van der Waals surface area contributed by atoms with Crippen molar-refractivity contribution in [2.45, 2.75) is 32.1 Å². The second kappa shape index (κ2) is 20.1. The zero-order valence-corrected chi connectivity index (χ0v) is 36.1. The predicted octanol–water partition coefficient (Wildman–Crippen LogP) is 7.49. The molecule has 3 aliphatic rings. The molecule has 1 atom stereocenters. The number of hydrogen-bond acceptors (Lipinski definition) is 12. The van der Waals surface area contributed by atoms with Gasteiger partial charge in [-0.3, -0.25) is 19.5 Å². The summed E-state index contributed by atoms with van der Waals surface area (Å²) < 4.78 is 40.8. The fourth-order valence-corrected chi connectivity index (χ4v) is 8.18. The van der Waals surface area contributed by atoms with E-state index in [1.54, 1.807) is 52.6 Å². The van der Waals surface area contributed by atoms with E-state index in [4.69, 9.17) is 38.2 Å². The highest BCUT2D eigenvalue weighted by atomic mass is 16.5. The highest BCUT2D eigenvalue weighted by molar-refractivity contribution is 6.15. The van der Waals surface area contributed by atoms with Crippen LogP contribution in [-0.2, 0) is 40.3 Å². The van der Waals surface area contributed by atoms with E-state index < -0.39 is 0 Å². The zero-order valence-electron chi connectivity index (χ0n) is 36.1. The Labute approximate surface area is 367 Å². The summed E-state index contributed by atoms with van der Waals surface area (Å²) in [7, 11) is 6.55. The number of hydrogen-bond donors (Lipinski definition) is 2. The number of carbonyl (C=O) groups is 2. The lowest BCUT2D eigenvalue weighted by Crippen LogP contribution is -2.37. The molecule has 0 bridgehead atoms. The molecule has 0 aromatic heterocycles. The predicted molar refractivity (Wildman–Crippen MR) is 243 cm³/mol. The summed E-state index contributed by atoms with van der Waals surface area (Å²) in [5.41, 5.74) is 8.72. The molecule has 3 aliphatic heterocycles. The Morgan fingerprint density at radius 3 is 2.14 bits per heavy atom. The molecule has 0 radical (unpaired) electrons. The first kappa shape index (κ1) is 43.1. The average Bonchev–Trinajstić information content (AvgIpc) is 3.89. The molecular weight excluding hydrogens is 803 g/mol. The molecule has 0 saturated carbocycles. The van der Waals surface area contributed by atoms with Crippen molar-refractivity contribution >= 4 is 46.5 Å². The first-order valence-electron chi connectivity index (χ1n) is 21.1. The first-order chi connectivity index (χ1) is 30.9. The molecule has 1 unspecified atom stereocenters. The quantitative estimate of drug-likeness (QED) is 0.0753. The molecule has 63 heavy (non-hydrogen) atoms. The molecule has 5 aromatic carbocycles. The minimum absolute atomic E-state index is 0.115. The van der Waals surface area contributed by atoms with Gasteiger partial charge in [0.05, 0.1) is 75.8 Å². The molecule has 2 amide bonds. The van der Waals surface area contributed by atoms with E-state index in [2.05, 4.69) is 16.7 Å². The minimum atomic E-state index is -0.175. The van der Waals surface area contributed by atoms with Crippen LogP contribution in [0, 0.1) is 0 Å². The molecule has 5 aromatic rings.